The van der Waals surface area contributed by atoms with E-state index in [4.69, 9.17) is 11.6 Å². The zero-order valence-electron chi connectivity index (χ0n) is 15.6. The predicted octanol–water partition coefficient (Wildman–Crippen LogP) is 4.66. The van der Waals surface area contributed by atoms with Crippen LogP contribution in [0.15, 0.2) is 53.7 Å². The maximum absolute atomic E-state index is 12.4. The number of aryl methyl sites for hydroxylation is 1. The number of carbonyl (C=O) groups is 1. The summed E-state index contributed by atoms with van der Waals surface area (Å²) in [6, 6.07) is 15.8. The van der Waals surface area contributed by atoms with Gasteiger partial charge in [0.05, 0.1) is 5.25 Å². The number of benzene rings is 2. The number of amides is 1. The summed E-state index contributed by atoms with van der Waals surface area (Å²) in [7, 11) is 0. The van der Waals surface area contributed by atoms with E-state index in [0.717, 1.165) is 42.9 Å². The molecule has 28 heavy (non-hydrogen) atoms. The second-order valence-corrected chi connectivity index (χ2v) is 8.48. The second kappa shape index (κ2) is 8.37. The maximum Gasteiger partial charge on any atom is 0.233 e. The lowest BCUT2D eigenvalue weighted by atomic mass is 10.1. The summed E-state index contributed by atoms with van der Waals surface area (Å²) < 4.78 is 2.00. The highest BCUT2D eigenvalue weighted by Crippen LogP contribution is 2.32. The summed E-state index contributed by atoms with van der Waals surface area (Å²) in [5, 5.41) is 13.1. The molecule has 1 N–H and O–H groups in total. The number of hydrogen-bond acceptors (Lipinski definition) is 4. The van der Waals surface area contributed by atoms with E-state index in [9.17, 15) is 4.79 Å². The van der Waals surface area contributed by atoms with Crippen LogP contribution in [0.2, 0.25) is 5.02 Å². The quantitative estimate of drug-likeness (QED) is 0.677. The van der Waals surface area contributed by atoms with Crippen LogP contribution in [0.4, 0.5) is 0 Å². The number of hydrogen-bond donors (Lipinski definition) is 1. The molecule has 1 fully saturated rings. The van der Waals surface area contributed by atoms with Gasteiger partial charge in [0.1, 0.15) is 0 Å². The molecule has 2 aromatic carbocycles. The van der Waals surface area contributed by atoms with Gasteiger partial charge in [-0.1, -0.05) is 59.6 Å². The van der Waals surface area contributed by atoms with Gasteiger partial charge in [-0.2, -0.15) is 0 Å². The Morgan fingerprint density at radius 2 is 1.82 bits per heavy atom. The molecular formula is C21H21ClN4OS. The molecule has 1 saturated heterocycles. The molecule has 0 radical (unpaired) electrons. The number of carbonyl (C=O) groups excluding carboxylic acids is 1. The van der Waals surface area contributed by atoms with Gasteiger partial charge in [0.2, 0.25) is 5.91 Å². The van der Waals surface area contributed by atoms with Crippen LogP contribution in [-0.2, 0) is 4.79 Å². The Hall–Kier alpha value is -2.31. The van der Waals surface area contributed by atoms with Crippen molar-refractivity contribution in [2.75, 3.05) is 6.54 Å². The minimum absolute atomic E-state index is 0.0741. The SMILES string of the molecule is Cc1ccc(-c2nnc(SC3CCCCNC3=O)n2-c2ccc(Cl)cc2)cc1. The van der Waals surface area contributed by atoms with E-state index >= 15 is 0 Å². The smallest absolute Gasteiger partial charge is 0.233 e. The summed E-state index contributed by atoms with van der Waals surface area (Å²) in [5.74, 6) is 0.823. The third-order valence-electron chi connectivity index (χ3n) is 4.76. The Bertz CT molecular complexity index is 969. The normalized spacial score (nSPS) is 17.2. The molecule has 4 rings (SSSR count). The summed E-state index contributed by atoms with van der Waals surface area (Å²) in [6.07, 6.45) is 2.88. The first-order valence-corrected chi connectivity index (χ1v) is 10.6. The third-order valence-corrected chi connectivity index (χ3v) is 6.22. The van der Waals surface area contributed by atoms with Gasteiger partial charge in [-0.25, -0.2) is 0 Å². The third kappa shape index (κ3) is 4.08. The first kappa shape index (κ1) is 19.0. The molecule has 1 aromatic heterocycles. The van der Waals surface area contributed by atoms with Crippen molar-refractivity contribution in [3.8, 4) is 17.1 Å². The van der Waals surface area contributed by atoms with Crippen molar-refractivity contribution < 1.29 is 4.79 Å². The Balaban J connectivity index is 1.76. The van der Waals surface area contributed by atoms with E-state index < -0.39 is 0 Å². The van der Waals surface area contributed by atoms with Crippen LogP contribution < -0.4 is 5.32 Å². The lowest BCUT2D eigenvalue weighted by Gasteiger charge is -2.14. The van der Waals surface area contributed by atoms with Gasteiger partial charge in [0.25, 0.3) is 0 Å². The highest BCUT2D eigenvalue weighted by molar-refractivity contribution is 8.00. The van der Waals surface area contributed by atoms with Crippen LogP contribution in [0.1, 0.15) is 24.8 Å². The van der Waals surface area contributed by atoms with Gasteiger partial charge in [0.15, 0.2) is 11.0 Å². The Labute approximate surface area is 173 Å². The fraction of sp³-hybridized carbons (Fsp3) is 0.286. The van der Waals surface area contributed by atoms with Crippen LogP contribution in [-0.4, -0.2) is 32.5 Å². The highest BCUT2D eigenvalue weighted by atomic mass is 35.5. The second-order valence-electron chi connectivity index (χ2n) is 6.88. The van der Waals surface area contributed by atoms with E-state index in [1.807, 2.05) is 41.0 Å². The van der Waals surface area contributed by atoms with Gasteiger partial charge >= 0.3 is 0 Å². The van der Waals surface area contributed by atoms with Gasteiger partial charge < -0.3 is 5.32 Å². The molecule has 5 nitrogen and oxygen atoms in total. The standard InChI is InChI=1S/C21H21ClN4OS/c1-14-5-7-15(8-6-14)19-24-25-21(26(19)17-11-9-16(22)10-12-17)28-18-4-2-3-13-23-20(18)27/h5-12,18H,2-4,13H2,1H3,(H,23,27). The molecule has 0 spiro atoms. The van der Waals surface area contributed by atoms with E-state index in [0.29, 0.717) is 10.2 Å². The summed E-state index contributed by atoms with van der Waals surface area (Å²) >= 11 is 7.56. The van der Waals surface area contributed by atoms with Crippen molar-refractivity contribution in [3.05, 3.63) is 59.1 Å². The fourth-order valence-corrected chi connectivity index (χ4v) is 4.45. The molecule has 1 atom stereocenters. The number of nitrogens with one attached hydrogen (secondary N) is 1. The number of nitrogens with zero attached hydrogens (tertiary/aromatic N) is 3. The van der Waals surface area contributed by atoms with Gasteiger partial charge in [-0.05, 0) is 44.0 Å². The molecule has 2 heterocycles. The van der Waals surface area contributed by atoms with E-state index in [-0.39, 0.29) is 11.2 Å². The molecule has 1 aliphatic rings. The minimum Gasteiger partial charge on any atom is -0.355 e. The molecule has 0 aliphatic carbocycles. The largest absolute Gasteiger partial charge is 0.355 e. The maximum atomic E-state index is 12.4. The molecule has 3 aromatic rings. The summed E-state index contributed by atoms with van der Waals surface area (Å²) in [6.45, 7) is 2.80. The Kier molecular flexibility index (Phi) is 5.69. The van der Waals surface area contributed by atoms with Crippen LogP contribution in [0, 0.1) is 6.92 Å². The van der Waals surface area contributed by atoms with Crippen molar-refractivity contribution in [2.24, 2.45) is 0 Å². The van der Waals surface area contributed by atoms with E-state index in [1.54, 1.807) is 0 Å². The van der Waals surface area contributed by atoms with Crippen molar-refractivity contribution in [1.29, 1.82) is 0 Å². The van der Waals surface area contributed by atoms with Crippen molar-refractivity contribution >= 4 is 29.3 Å². The molecule has 144 valence electrons. The first-order valence-electron chi connectivity index (χ1n) is 9.34. The highest BCUT2D eigenvalue weighted by Gasteiger charge is 2.26. The average molecular weight is 413 g/mol. The lowest BCUT2D eigenvalue weighted by molar-refractivity contribution is -0.120. The van der Waals surface area contributed by atoms with Crippen LogP contribution in [0.3, 0.4) is 0 Å². The molecule has 1 unspecified atom stereocenters. The van der Waals surface area contributed by atoms with Crippen molar-refractivity contribution in [2.45, 2.75) is 36.6 Å². The molecule has 7 heteroatoms. The van der Waals surface area contributed by atoms with Gasteiger partial charge in [0, 0.05) is 22.8 Å². The number of halogens is 1. The van der Waals surface area contributed by atoms with Crippen LogP contribution in [0.25, 0.3) is 17.1 Å². The summed E-state index contributed by atoms with van der Waals surface area (Å²) in [4.78, 5) is 12.4. The lowest BCUT2D eigenvalue weighted by Crippen LogP contribution is -2.30. The van der Waals surface area contributed by atoms with E-state index in [2.05, 4.69) is 34.6 Å². The summed E-state index contributed by atoms with van der Waals surface area (Å²) in [5.41, 5.74) is 3.08. The Morgan fingerprint density at radius 1 is 1.07 bits per heavy atom. The van der Waals surface area contributed by atoms with Crippen LogP contribution in [0.5, 0.6) is 0 Å². The Morgan fingerprint density at radius 3 is 2.57 bits per heavy atom. The monoisotopic (exact) mass is 412 g/mol. The minimum atomic E-state index is -0.163. The van der Waals surface area contributed by atoms with Gasteiger partial charge in [-0.15, -0.1) is 10.2 Å². The van der Waals surface area contributed by atoms with Crippen molar-refractivity contribution in [1.82, 2.24) is 20.1 Å². The molecule has 0 bridgehead atoms. The van der Waals surface area contributed by atoms with Gasteiger partial charge in [-0.3, -0.25) is 9.36 Å². The molecule has 0 saturated carbocycles. The average Bonchev–Trinajstić information content (AvgIpc) is 3.00. The molecule has 1 amide bonds. The number of rotatable bonds is 4. The van der Waals surface area contributed by atoms with Crippen molar-refractivity contribution in [3.63, 3.8) is 0 Å². The number of thioether (sulfide) groups is 1. The number of aromatic nitrogens is 3. The molecular weight excluding hydrogens is 392 g/mol. The first-order chi connectivity index (χ1) is 13.6. The van der Waals surface area contributed by atoms with Crippen LogP contribution >= 0.6 is 23.4 Å². The fourth-order valence-electron chi connectivity index (χ4n) is 3.21. The predicted molar refractivity (Wildman–Crippen MR) is 113 cm³/mol. The van der Waals surface area contributed by atoms with E-state index in [1.165, 1.54) is 17.3 Å². The topological polar surface area (TPSA) is 59.8 Å². The zero-order chi connectivity index (χ0) is 19.5. The molecule has 1 aliphatic heterocycles. The zero-order valence-corrected chi connectivity index (χ0v) is 17.1.